The Balaban J connectivity index is 0.000000199. The van der Waals surface area contributed by atoms with Crippen LogP contribution in [-0.4, -0.2) is 15.9 Å². The average Bonchev–Trinajstić information content (AvgIpc) is 3.25. The first-order valence-electron chi connectivity index (χ1n) is 15.9. The van der Waals surface area contributed by atoms with Crippen molar-refractivity contribution in [3.8, 4) is 11.3 Å². The summed E-state index contributed by atoms with van der Waals surface area (Å²) in [7, 11) is 0. The van der Waals surface area contributed by atoms with Crippen LogP contribution >= 0.6 is 0 Å². The van der Waals surface area contributed by atoms with E-state index in [1.54, 1.807) is 6.08 Å². The number of hydrogen-bond donors (Lipinski definition) is 1. The summed E-state index contributed by atoms with van der Waals surface area (Å²) in [6.45, 7) is 0. The molecular weight excluding hydrogens is 707 g/mol. The van der Waals surface area contributed by atoms with Crippen molar-refractivity contribution < 1.29 is 30.0 Å². The Morgan fingerprint density at radius 2 is 1.47 bits per heavy atom. The van der Waals surface area contributed by atoms with E-state index in [1.807, 2.05) is 6.07 Å². The minimum absolute atomic E-state index is 0. The number of allylic oxidation sites excluding steroid dienone is 2. The van der Waals surface area contributed by atoms with Crippen molar-refractivity contribution in [2.45, 2.75) is 97.3 Å². The molecule has 1 N–H and O–H groups in total. The molecule has 229 valence electrons. The monoisotopic (exact) mass is 753 g/mol. The van der Waals surface area contributed by atoms with E-state index >= 15 is 0 Å². The van der Waals surface area contributed by atoms with Gasteiger partial charge in [0.25, 0.3) is 0 Å². The van der Waals surface area contributed by atoms with Gasteiger partial charge in [-0.1, -0.05) is 93.8 Å². The molecule has 43 heavy (non-hydrogen) atoms. The Labute approximate surface area is 271 Å². The second-order valence-corrected chi connectivity index (χ2v) is 12.3. The van der Waals surface area contributed by atoms with E-state index in [2.05, 4.69) is 60.7 Å². The van der Waals surface area contributed by atoms with Gasteiger partial charge in [0.1, 0.15) is 0 Å². The number of nitrogens with zero attached hydrogens (tertiary/aromatic N) is 1. The van der Waals surface area contributed by atoms with Crippen molar-refractivity contribution in [3.63, 3.8) is 0 Å². The molecule has 4 heteroatoms. The molecule has 3 aromatic carbocycles. The minimum Gasteiger partial charge on any atom is -0.512 e. The number of ketones is 1. The van der Waals surface area contributed by atoms with Gasteiger partial charge in [-0.2, -0.15) is 0 Å². The van der Waals surface area contributed by atoms with Crippen molar-refractivity contribution in [3.05, 3.63) is 89.7 Å². The van der Waals surface area contributed by atoms with Gasteiger partial charge in [0, 0.05) is 43.4 Å². The van der Waals surface area contributed by atoms with Gasteiger partial charge in [0.15, 0.2) is 5.78 Å². The molecule has 1 radical (unpaired) electrons. The molecule has 0 amide bonds. The van der Waals surface area contributed by atoms with E-state index in [9.17, 15) is 9.90 Å². The maximum absolute atomic E-state index is 12.0. The molecule has 4 aromatic rings. The number of pyridine rings is 1. The molecule has 7 rings (SSSR count). The molecule has 0 spiro atoms. The van der Waals surface area contributed by atoms with Crippen LogP contribution in [0.25, 0.3) is 32.9 Å². The third-order valence-corrected chi connectivity index (χ3v) is 9.44. The summed E-state index contributed by atoms with van der Waals surface area (Å²) in [4.78, 5) is 17.0. The van der Waals surface area contributed by atoms with Gasteiger partial charge in [-0.3, -0.25) is 9.78 Å². The van der Waals surface area contributed by atoms with Crippen LogP contribution in [0.4, 0.5) is 0 Å². The minimum atomic E-state index is 0. The number of rotatable bonds is 4. The summed E-state index contributed by atoms with van der Waals surface area (Å²) >= 11 is 0. The van der Waals surface area contributed by atoms with Crippen molar-refractivity contribution in [2.24, 2.45) is 11.8 Å². The van der Waals surface area contributed by atoms with Crippen LogP contribution in [0.2, 0.25) is 0 Å². The topological polar surface area (TPSA) is 50.2 Å². The van der Waals surface area contributed by atoms with E-state index in [0.29, 0.717) is 5.76 Å². The second kappa shape index (κ2) is 15.8. The summed E-state index contributed by atoms with van der Waals surface area (Å²) in [6.07, 6.45) is 17.8. The maximum Gasteiger partial charge on any atom is 0.162 e. The molecule has 0 atom stereocenters. The molecule has 0 aliphatic heterocycles. The summed E-state index contributed by atoms with van der Waals surface area (Å²) in [6, 6.07) is 24.9. The SMILES string of the molecule is C.O=C(C=C(O)C1CCCCC1)C1CCCCC1.[Ir].[c-]1ccc2ccccc2c1-c1cc2c3c(cccc3n1)CCCC2. The number of aliphatic hydroxyl groups excluding tert-OH is 1. The summed E-state index contributed by atoms with van der Waals surface area (Å²) in [5, 5.41) is 13.9. The first-order valence-corrected chi connectivity index (χ1v) is 15.9. The Morgan fingerprint density at radius 3 is 2.21 bits per heavy atom. The van der Waals surface area contributed by atoms with Gasteiger partial charge in [0.2, 0.25) is 0 Å². The molecule has 3 nitrogen and oxygen atoms in total. The number of hydrogen-bond acceptors (Lipinski definition) is 3. The number of aromatic nitrogens is 1. The third-order valence-electron chi connectivity index (χ3n) is 9.44. The van der Waals surface area contributed by atoms with Crippen molar-refractivity contribution >= 4 is 27.5 Å². The maximum atomic E-state index is 12.0. The predicted molar refractivity (Wildman–Crippen MR) is 176 cm³/mol. The van der Waals surface area contributed by atoms with Gasteiger partial charge in [0.05, 0.1) is 11.3 Å². The zero-order valence-electron chi connectivity index (χ0n) is 24.5. The zero-order chi connectivity index (χ0) is 28.0. The number of carbonyl (C=O) groups excluding carboxylic acids is 1. The van der Waals surface area contributed by atoms with Gasteiger partial charge in [-0.25, -0.2) is 0 Å². The average molecular weight is 753 g/mol. The van der Waals surface area contributed by atoms with Crippen LogP contribution in [0, 0.1) is 17.9 Å². The number of carbonyl (C=O) groups is 1. The van der Waals surface area contributed by atoms with E-state index in [0.717, 1.165) is 48.9 Å². The molecule has 3 aliphatic carbocycles. The molecule has 1 aromatic heterocycles. The second-order valence-electron chi connectivity index (χ2n) is 12.3. The summed E-state index contributed by atoms with van der Waals surface area (Å²) in [5.41, 5.74) is 6.20. The van der Waals surface area contributed by atoms with Crippen molar-refractivity contribution in [2.75, 3.05) is 0 Å². The Kier molecular flexibility index (Phi) is 12.1. The molecule has 3 aliphatic rings. The van der Waals surface area contributed by atoms with Crippen LogP contribution in [0.5, 0.6) is 0 Å². The van der Waals surface area contributed by atoms with Gasteiger partial charge < -0.3 is 5.11 Å². The predicted octanol–water partition coefficient (Wildman–Crippen LogP) is 10.5. The third kappa shape index (κ3) is 7.83. The fourth-order valence-corrected chi connectivity index (χ4v) is 7.16. The van der Waals surface area contributed by atoms with Crippen molar-refractivity contribution in [1.82, 2.24) is 4.98 Å². The number of aryl methyl sites for hydroxylation is 2. The van der Waals surface area contributed by atoms with Crippen molar-refractivity contribution in [1.29, 1.82) is 0 Å². The van der Waals surface area contributed by atoms with Gasteiger partial charge in [-0.15, -0.1) is 29.1 Å². The molecule has 0 saturated heterocycles. The van der Waals surface area contributed by atoms with E-state index in [-0.39, 0.29) is 45.2 Å². The van der Waals surface area contributed by atoms with Crippen LogP contribution < -0.4 is 0 Å². The Bertz CT molecular complexity index is 1540. The number of aliphatic hydroxyl groups is 1. The quantitative estimate of drug-likeness (QED) is 0.128. The number of benzene rings is 3. The molecule has 2 fully saturated rings. The van der Waals surface area contributed by atoms with Crippen LogP contribution in [0.1, 0.15) is 95.6 Å². The van der Waals surface area contributed by atoms with E-state index in [1.165, 1.54) is 85.1 Å². The van der Waals surface area contributed by atoms with Gasteiger partial charge >= 0.3 is 0 Å². The van der Waals surface area contributed by atoms with Gasteiger partial charge in [-0.05, 0) is 74.3 Å². The fraction of sp³-hybridized carbons (Fsp3) is 0.436. The van der Waals surface area contributed by atoms with E-state index < -0.39 is 0 Å². The Hall–Kier alpha value is -2.81. The van der Waals surface area contributed by atoms with Crippen LogP contribution in [0.3, 0.4) is 0 Å². The smallest absolute Gasteiger partial charge is 0.162 e. The first kappa shape index (κ1) is 33.1. The molecular formula is C39H46IrNO2-. The normalized spacial score (nSPS) is 17.6. The number of fused-ring (bicyclic) bond motifs is 1. The van der Waals surface area contributed by atoms with Crippen LogP contribution in [-0.2, 0) is 37.7 Å². The first-order chi connectivity index (χ1) is 20.2. The molecule has 0 unspecified atom stereocenters. The fourth-order valence-electron chi connectivity index (χ4n) is 7.16. The summed E-state index contributed by atoms with van der Waals surface area (Å²) in [5.74, 6) is 0.985. The zero-order valence-corrected chi connectivity index (χ0v) is 26.9. The Morgan fingerprint density at radius 1 is 0.791 bits per heavy atom. The molecule has 2 saturated carbocycles. The standard InChI is InChI=1S/C23H18N.C15H24O2.CH4.Ir/c1-2-9-18-15-22(24-21-14-6-11-17(8-1)23(18)21)20-13-5-10-16-7-3-4-12-19(16)20;16-14(12-7-3-1-4-8-12)11-15(17)13-9-5-2-6-10-13;;/h3-7,10-12,14-15H,1-2,8-9H2;11-13,16H,1-10H2;1H4;/q-1;;;. The molecule has 0 bridgehead atoms. The van der Waals surface area contributed by atoms with Crippen LogP contribution in [0.15, 0.2) is 72.5 Å². The summed E-state index contributed by atoms with van der Waals surface area (Å²) < 4.78 is 0. The van der Waals surface area contributed by atoms with E-state index in [4.69, 9.17) is 4.98 Å². The molecule has 1 heterocycles. The largest absolute Gasteiger partial charge is 0.512 e.